The molecule has 150 valence electrons. The Labute approximate surface area is 178 Å². The monoisotopic (exact) mass is 416 g/mol. The number of nitrogen functional groups attached to an aromatic ring is 1. The molecule has 1 unspecified atom stereocenters. The van der Waals surface area contributed by atoms with Crippen molar-refractivity contribution in [2.24, 2.45) is 0 Å². The summed E-state index contributed by atoms with van der Waals surface area (Å²) in [6.45, 7) is 1.93. The van der Waals surface area contributed by atoms with Crippen molar-refractivity contribution in [1.82, 2.24) is 0 Å². The van der Waals surface area contributed by atoms with E-state index < -0.39 is 0 Å². The Hall–Kier alpha value is -3.38. The third-order valence-corrected chi connectivity index (χ3v) is 6.37. The number of nitrogens with one attached hydrogen (secondary N) is 1. The van der Waals surface area contributed by atoms with E-state index in [1.54, 1.807) is 48.5 Å². The molecule has 0 saturated carbocycles. The van der Waals surface area contributed by atoms with E-state index in [-0.39, 0.29) is 28.3 Å². The van der Waals surface area contributed by atoms with E-state index in [1.165, 1.54) is 11.8 Å². The predicted octanol–water partition coefficient (Wildman–Crippen LogP) is 4.55. The minimum Gasteiger partial charge on any atom is -0.399 e. The fourth-order valence-electron chi connectivity index (χ4n) is 3.54. The average Bonchev–Trinajstić information content (AvgIpc) is 2.75. The molecule has 1 aliphatic rings. The number of benzene rings is 3. The van der Waals surface area contributed by atoms with Gasteiger partial charge in [-0.15, -0.1) is 11.8 Å². The SMILES string of the molecule is CCC(Sc1cccc(N)c1)C(=O)Nc1cccc2c1C(=O)c1ccccc1C2=O. The van der Waals surface area contributed by atoms with Crippen molar-refractivity contribution >= 4 is 40.6 Å². The largest absolute Gasteiger partial charge is 0.399 e. The molecule has 0 fully saturated rings. The molecule has 3 aromatic carbocycles. The van der Waals surface area contributed by atoms with Crippen LogP contribution in [-0.4, -0.2) is 22.7 Å². The summed E-state index contributed by atoms with van der Waals surface area (Å²) >= 11 is 1.41. The first-order valence-corrected chi connectivity index (χ1v) is 10.5. The zero-order valence-electron chi connectivity index (χ0n) is 16.3. The van der Waals surface area contributed by atoms with Crippen molar-refractivity contribution in [3.63, 3.8) is 0 Å². The molecule has 30 heavy (non-hydrogen) atoms. The molecule has 0 saturated heterocycles. The van der Waals surface area contributed by atoms with Crippen molar-refractivity contribution in [1.29, 1.82) is 0 Å². The van der Waals surface area contributed by atoms with Gasteiger partial charge in [-0.25, -0.2) is 0 Å². The number of anilines is 2. The van der Waals surface area contributed by atoms with Crippen LogP contribution < -0.4 is 11.1 Å². The van der Waals surface area contributed by atoms with Crippen molar-refractivity contribution in [3.05, 3.63) is 89.0 Å². The van der Waals surface area contributed by atoms with E-state index in [0.29, 0.717) is 34.5 Å². The fraction of sp³-hybridized carbons (Fsp3) is 0.125. The van der Waals surface area contributed by atoms with Crippen LogP contribution in [0.3, 0.4) is 0 Å². The molecule has 0 heterocycles. The first kappa shape index (κ1) is 19.9. The minimum atomic E-state index is -0.371. The van der Waals surface area contributed by atoms with Crippen LogP contribution in [0.25, 0.3) is 0 Å². The van der Waals surface area contributed by atoms with Crippen molar-refractivity contribution < 1.29 is 14.4 Å². The lowest BCUT2D eigenvalue weighted by Gasteiger charge is -2.21. The highest BCUT2D eigenvalue weighted by atomic mass is 32.2. The first-order valence-electron chi connectivity index (χ1n) is 9.64. The molecule has 0 spiro atoms. The van der Waals surface area contributed by atoms with Gasteiger partial charge in [0.1, 0.15) is 0 Å². The van der Waals surface area contributed by atoms with Gasteiger partial charge in [-0.1, -0.05) is 49.4 Å². The van der Waals surface area contributed by atoms with E-state index in [9.17, 15) is 14.4 Å². The molecule has 3 aromatic rings. The minimum absolute atomic E-state index is 0.211. The van der Waals surface area contributed by atoms with Gasteiger partial charge in [0.2, 0.25) is 5.91 Å². The highest BCUT2D eigenvalue weighted by molar-refractivity contribution is 8.00. The van der Waals surface area contributed by atoms with Crippen molar-refractivity contribution in [2.75, 3.05) is 11.1 Å². The number of nitrogens with two attached hydrogens (primary N) is 1. The smallest absolute Gasteiger partial charge is 0.237 e. The number of thioether (sulfide) groups is 1. The highest BCUT2D eigenvalue weighted by Crippen LogP contribution is 2.33. The second-order valence-corrected chi connectivity index (χ2v) is 8.28. The maximum atomic E-state index is 13.1. The van der Waals surface area contributed by atoms with Crippen molar-refractivity contribution in [2.45, 2.75) is 23.5 Å². The number of amides is 1. The Morgan fingerprint density at radius 3 is 2.30 bits per heavy atom. The fourth-order valence-corrected chi connectivity index (χ4v) is 4.56. The van der Waals surface area contributed by atoms with E-state index in [4.69, 9.17) is 5.73 Å². The Bertz CT molecular complexity index is 1170. The zero-order valence-corrected chi connectivity index (χ0v) is 17.2. The summed E-state index contributed by atoms with van der Waals surface area (Å²) in [5, 5.41) is 2.50. The van der Waals surface area contributed by atoms with Gasteiger partial charge in [0.25, 0.3) is 0 Å². The molecule has 1 aliphatic carbocycles. The van der Waals surface area contributed by atoms with Gasteiger partial charge in [0.05, 0.1) is 16.5 Å². The van der Waals surface area contributed by atoms with Crippen LogP contribution in [0.5, 0.6) is 0 Å². The highest BCUT2D eigenvalue weighted by Gasteiger charge is 2.32. The predicted molar refractivity (Wildman–Crippen MR) is 119 cm³/mol. The van der Waals surface area contributed by atoms with Crippen LogP contribution in [-0.2, 0) is 4.79 Å². The molecular weight excluding hydrogens is 396 g/mol. The second kappa shape index (κ2) is 8.16. The lowest BCUT2D eigenvalue weighted by molar-refractivity contribution is -0.115. The van der Waals surface area contributed by atoms with Crippen LogP contribution in [0.4, 0.5) is 11.4 Å². The van der Waals surface area contributed by atoms with Gasteiger partial charge in [-0.2, -0.15) is 0 Å². The van der Waals surface area contributed by atoms with E-state index in [2.05, 4.69) is 5.32 Å². The third kappa shape index (κ3) is 3.62. The second-order valence-electron chi connectivity index (χ2n) is 7.01. The van der Waals surface area contributed by atoms with Gasteiger partial charge in [-0.3, -0.25) is 14.4 Å². The number of rotatable bonds is 5. The Morgan fingerprint density at radius 2 is 1.60 bits per heavy atom. The van der Waals surface area contributed by atoms with Gasteiger partial charge in [-0.05, 0) is 30.7 Å². The Morgan fingerprint density at radius 1 is 0.933 bits per heavy atom. The molecule has 5 nitrogen and oxygen atoms in total. The van der Waals surface area contributed by atoms with Gasteiger partial charge in [0.15, 0.2) is 11.6 Å². The summed E-state index contributed by atoms with van der Waals surface area (Å²) in [6.07, 6.45) is 0.593. The topological polar surface area (TPSA) is 89.3 Å². The lowest BCUT2D eigenvalue weighted by atomic mass is 9.83. The Kier molecular flexibility index (Phi) is 5.42. The number of hydrogen-bond acceptors (Lipinski definition) is 5. The maximum Gasteiger partial charge on any atom is 0.237 e. The number of carbonyl (C=O) groups excluding carboxylic acids is 3. The number of fused-ring (bicyclic) bond motifs is 2. The van der Waals surface area contributed by atoms with E-state index in [1.807, 2.05) is 25.1 Å². The van der Waals surface area contributed by atoms with Gasteiger partial charge in [0, 0.05) is 27.3 Å². The summed E-state index contributed by atoms with van der Waals surface area (Å²) < 4.78 is 0. The van der Waals surface area contributed by atoms with Gasteiger partial charge < -0.3 is 11.1 Å². The summed E-state index contributed by atoms with van der Waals surface area (Å²) in [7, 11) is 0. The first-order chi connectivity index (χ1) is 14.5. The van der Waals surface area contributed by atoms with Crippen LogP contribution in [0, 0.1) is 0 Å². The normalized spacial score (nSPS) is 13.4. The van der Waals surface area contributed by atoms with Crippen LogP contribution in [0.2, 0.25) is 0 Å². The van der Waals surface area contributed by atoms with Crippen LogP contribution in [0.1, 0.15) is 45.2 Å². The molecule has 3 N–H and O–H groups in total. The number of hydrogen-bond donors (Lipinski definition) is 2. The summed E-state index contributed by atoms with van der Waals surface area (Å²) in [6, 6.07) is 19.1. The van der Waals surface area contributed by atoms with E-state index in [0.717, 1.165) is 4.90 Å². The standard InChI is InChI=1S/C24H20N2O3S/c1-2-20(30-15-8-5-7-14(25)13-15)24(29)26-19-12-6-11-18-21(19)23(28)17-10-4-3-9-16(17)22(18)27/h3-13,20H,2,25H2,1H3,(H,26,29). The number of carbonyl (C=O) groups is 3. The number of ketones is 2. The molecule has 0 bridgehead atoms. The molecule has 6 heteroatoms. The van der Waals surface area contributed by atoms with Crippen LogP contribution in [0.15, 0.2) is 71.6 Å². The summed E-state index contributed by atoms with van der Waals surface area (Å²) in [4.78, 5) is 39.9. The zero-order chi connectivity index (χ0) is 21.3. The maximum absolute atomic E-state index is 13.1. The molecule has 0 aliphatic heterocycles. The third-order valence-electron chi connectivity index (χ3n) is 5.01. The van der Waals surface area contributed by atoms with E-state index >= 15 is 0 Å². The summed E-state index contributed by atoms with van der Waals surface area (Å²) in [5.74, 6) is -0.692. The van der Waals surface area contributed by atoms with Crippen molar-refractivity contribution in [3.8, 4) is 0 Å². The molecule has 1 amide bonds. The molecule has 0 aromatic heterocycles. The van der Waals surface area contributed by atoms with Crippen LogP contribution >= 0.6 is 11.8 Å². The molecule has 0 radical (unpaired) electrons. The summed E-state index contributed by atoms with van der Waals surface area (Å²) in [5.41, 5.74) is 8.14. The lowest BCUT2D eigenvalue weighted by Crippen LogP contribution is -2.28. The molecule has 1 atom stereocenters. The average molecular weight is 417 g/mol. The quantitative estimate of drug-likeness (QED) is 0.368. The molecular formula is C24H20N2O3S. The van der Waals surface area contributed by atoms with Gasteiger partial charge >= 0.3 is 0 Å². The Balaban J connectivity index is 1.63. The molecule has 4 rings (SSSR count).